The number of benzene rings is 1. The van der Waals surface area contributed by atoms with Crippen LogP contribution in [0.25, 0.3) is 0 Å². The minimum Gasteiger partial charge on any atom is -0.368 e. The van der Waals surface area contributed by atoms with Gasteiger partial charge in [0.05, 0.1) is 5.75 Å². The topological polar surface area (TPSA) is 49.3 Å². The lowest BCUT2D eigenvalue weighted by Crippen LogP contribution is -2.49. The highest BCUT2D eigenvalue weighted by Crippen LogP contribution is 2.25. The second kappa shape index (κ2) is 7.85. The predicted octanol–water partition coefficient (Wildman–Crippen LogP) is 2.88. The number of aromatic nitrogens is 2. The molecule has 126 valence electrons. The SMILES string of the molecule is Cc1ccc(Cl)cc1N1CCN(C(=O)CSc2ncccn2)CC1. The van der Waals surface area contributed by atoms with Gasteiger partial charge in [-0.05, 0) is 30.7 Å². The first-order valence-corrected chi connectivity index (χ1v) is 9.18. The van der Waals surface area contributed by atoms with Gasteiger partial charge in [0.25, 0.3) is 0 Å². The van der Waals surface area contributed by atoms with Gasteiger partial charge in [0.2, 0.25) is 5.91 Å². The second-order valence-corrected chi connectivity index (χ2v) is 7.00. The molecule has 0 spiro atoms. The zero-order valence-electron chi connectivity index (χ0n) is 13.5. The van der Waals surface area contributed by atoms with Crippen molar-refractivity contribution in [3.05, 3.63) is 47.2 Å². The fourth-order valence-electron chi connectivity index (χ4n) is 2.70. The molecule has 0 atom stereocenters. The molecule has 7 heteroatoms. The molecule has 1 aromatic carbocycles. The highest BCUT2D eigenvalue weighted by atomic mass is 35.5. The van der Waals surface area contributed by atoms with Crippen molar-refractivity contribution in [2.45, 2.75) is 12.1 Å². The molecule has 1 amide bonds. The van der Waals surface area contributed by atoms with Gasteiger partial charge in [-0.3, -0.25) is 4.79 Å². The summed E-state index contributed by atoms with van der Waals surface area (Å²) in [5.74, 6) is 0.509. The van der Waals surface area contributed by atoms with Crippen LogP contribution in [0.4, 0.5) is 5.69 Å². The quantitative estimate of drug-likeness (QED) is 0.618. The molecular formula is C17H19ClN4OS. The monoisotopic (exact) mass is 362 g/mol. The first-order valence-electron chi connectivity index (χ1n) is 7.82. The maximum Gasteiger partial charge on any atom is 0.233 e. The molecule has 1 aliphatic heterocycles. The second-order valence-electron chi connectivity index (χ2n) is 5.62. The molecule has 0 bridgehead atoms. The highest BCUT2D eigenvalue weighted by molar-refractivity contribution is 7.99. The van der Waals surface area contributed by atoms with Crippen molar-refractivity contribution in [3.63, 3.8) is 0 Å². The molecule has 0 aliphatic carbocycles. The lowest BCUT2D eigenvalue weighted by Gasteiger charge is -2.36. The van der Waals surface area contributed by atoms with E-state index in [1.165, 1.54) is 17.3 Å². The van der Waals surface area contributed by atoms with Crippen LogP contribution in [0.2, 0.25) is 5.02 Å². The highest BCUT2D eigenvalue weighted by Gasteiger charge is 2.22. The average Bonchev–Trinajstić information content (AvgIpc) is 2.63. The summed E-state index contributed by atoms with van der Waals surface area (Å²) < 4.78 is 0. The molecule has 3 rings (SSSR count). The van der Waals surface area contributed by atoms with E-state index in [4.69, 9.17) is 11.6 Å². The lowest BCUT2D eigenvalue weighted by atomic mass is 10.1. The van der Waals surface area contributed by atoms with Crippen LogP contribution in [-0.4, -0.2) is 52.7 Å². The van der Waals surface area contributed by atoms with Gasteiger partial charge in [-0.2, -0.15) is 0 Å². The molecule has 0 radical (unpaired) electrons. The molecule has 1 aliphatic rings. The molecule has 5 nitrogen and oxygen atoms in total. The number of halogens is 1. The van der Waals surface area contributed by atoms with Crippen molar-refractivity contribution in [3.8, 4) is 0 Å². The van der Waals surface area contributed by atoms with E-state index >= 15 is 0 Å². The van der Waals surface area contributed by atoms with Crippen molar-refractivity contribution < 1.29 is 4.79 Å². The van der Waals surface area contributed by atoms with E-state index in [1.54, 1.807) is 18.5 Å². The number of anilines is 1. The number of rotatable bonds is 4. The summed E-state index contributed by atoms with van der Waals surface area (Å²) in [4.78, 5) is 24.8. The van der Waals surface area contributed by atoms with Crippen LogP contribution in [0.15, 0.2) is 41.8 Å². The van der Waals surface area contributed by atoms with Crippen LogP contribution in [0.5, 0.6) is 0 Å². The Balaban J connectivity index is 1.53. The molecule has 1 fully saturated rings. The molecule has 0 unspecified atom stereocenters. The van der Waals surface area contributed by atoms with Crippen molar-refractivity contribution in [2.75, 3.05) is 36.8 Å². The predicted molar refractivity (Wildman–Crippen MR) is 97.7 cm³/mol. The molecule has 0 saturated carbocycles. The summed E-state index contributed by atoms with van der Waals surface area (Å²) in [6.45, 7) is 5.17. The number of aryl methyl sites for hydroxylation is 1. The standard InChI is InChI=1S/C17H19ClN4OS/c1-13-3-4-14(18)11-15(13)21-7-9-22(10-8-21)16(23)12-24-17-19-5-2-6-20-17/h2-6,11H,7-10,12H2,1H3. The number of carbonyl (C=O) groups is 1. The Kier molecular flexibility index (Phi) is 5.58. The third kappa shape index (κ3) is 4.19. The largest absolute Gasteiger partial charge is 0.368 e. The minimum absolute atomic E-state index is 0.134. The van der Waals surface area contributed by atoms with Crippen molar-refractivity contribution in [1.29, 1.82) is 0 Å². The number of hydrogen-bond acceptors (Lipinski definition) is 5. The normalized spacial score (nSPS) is 14.8. The maximum absolute atomic E-state index is 12.3. The Morgan fingerprint density at radius 1 is 1.21 bits per heavy atom. The van der Waals surface area contributed by atoms with Crippen molar-refractivity contribution >= 4 is 35.0 Å². The average molecular weight is 363 g/mol. The van der Waals surface area contributed by atoms with Crippen LogP contribution >= 0.6 is 23.4 Å². The first-order chi connectivity index (χ1) is 11.6. The van der Waals surface area contributed by atoms with Gasteiger partial charge in [-0.25, -0.2) is 9.97 Å². The van der Waals surface area contributed by atoms with Crippen LogP contribution in [0, 0.1) is 6.92 Å². The summed E-state index contributed by atoms with van der Waals surface area (Å²) in [5, 5.41) is 1.38. The molecule has 2 heterocycles. The summed E-state index contributed by atoms with van der Waals surface area (Å²) in [6.07, 6.45) is 3.37. The molecule has 1 aromatic heterocycles. The van der Waals surface area contributed by atoms with Gasteiger partial charge in [0.1, 0.15) is 0 Å². The number of carbonyl (C=O) groups excluding carboxylic acids is 1. The van der Waals surface area contributed by atoms with Gasteiger partial charge in [0, 0.05) is 49.3 Å². The zero-order valence-corrected chi connectivity index (χ0v) is 15.1. The van der Waals surface area contributed by atoms with E-state index in [0.29, 0.717) is 10.9 Å². The van der Waals surface area contributed by atoms with E-state index in [-0.39, 0.29) is 5.91 Å². The lowest BCUT2D eigenvalue weighted by molar-refractivity contribution is -0.128. The molecule has 0 N–H and O–H groups in total. The summed E-state index contributed by atoms with van der Waals surface area (Å²) >= 11 is 7.49. The first kappa shape index (κ1) is 17.0. The third-order valence-corrected chi connectivity index (χ3v) is 5.11. The van der Waals surface area contributed by atoms with Crippen LogP contribution < -0.4 is 4.90 Å². The zero-order chi connectivity index (χ0) is 16.9. The number of hydrogen-bond donors (Lipinski definition) is 0. The van der Waals surface area contributed by atoms with E-state index in [0.717, 1.165) is 36.9 Å². The summed E-state index contributed by atoms with van der Waals surface area (Å²) in [5.41, 5.74) is 2.36. The number of thioether (sulfide) groups is 1. The molecule has 2 aromatic rings. The maximum atomic E-state index is 12.3. The number of amides is 1. The number of piperazine rings is 1. The molecule has 24 heavy (non-hydrogen) atoms. The Hall–Kier alpha value is -1.79. The summed E-state index contributed by atoms with van der Waals surface area (Å²) in [7, 11) is 0. The van der Waals surface area contributed by atoms with Crippen LogP contribution in [-0.2, 0) is 4.79 Å². The van der Waals surface area contributed by atoms with E-state index in [2.05, 4.69) is 21.8 Å². The smallest absolute Gasteiger partial charge is 0.233 e. The van der Waals surface area contributed by atoms with Gasteiger partial charge >= 0.3 is 0 Å². The van der Waals surface area contributed by atoms with Crippen LogP contribution in [0.3, 0.4) is 0 Å². The number of nitrogens with zero attached hydrogens (tertiary/aromatic N) is 4. The van der Waals surface area contributed by atoms with Gasteiger partial charge in [0.15, 0.2) is 5.16 Å². The Morgan fingerprint density at radius 2 is 1.92 bits per heavy atom. The summed E-state index contributed by atoms with van der Waals surface area (Å²) in [6, 6.07) is 7.70. The van der Waals surface area contributed by atoms with Crippen molar-refractivity contribution in [2.24, 2.45) is 0 Å². The van der Waals surface area contributed by atoms with Gasteiger partial charge < -0.3 is 9.80 Å². The Morgan fingerprint density at radius 3 is 2.62 bits per heavy atom. The van der Waals surface area contributed by atoms with Gasteiger partial charge in [-0.15, -0.1) is 0 Å². The fraction of sp³-hybridized carbons (Fsp3) is 0.353. The third-order valence-electron chi connectivity index (χ3n) is 4.01. The van der Waals surface area contributed by atoms with Crippen LogP contribution in [0.1, 0.15) is 5.56 Å². The Bertz CT molecular complexity index is 705. The van der Waals surface area contributed by atoms with Gasteiger partial charge in [-0.1, -0.05) is 29.4 Å². The molecule has 1 saturated heterocycles. The minimum atomic E-state index is 0.134. The molecular weight excluding hydrogens is 344 g/mol. The van der Waals surface area contributed by atoms with Crippen molar-refractivity contribution in [1.82, 2.24) is 14.9 Å². The van der Waals surface area contributed by atoms with E-state index < -0.39 is 0 Å². The fourth-order valence-corrected chi connectivity index (χ4v) is 3.57. The van der Waals surface area contributed by atoms with E-state index in [9.17, 15) is 4.79 Å². The Labute approximate surface area is 151 Å². The van der Waals surface area contributed by atoms with E-state index in [1.807, 2.05) is 23.1 Å².